The first-order valence-corrected chi connectivity index (χ1v) is 17.0. The van der Waals surface area contributed by atoms with E-state index in [9.17, 15) is 9.90 Å². The molecule has 4 rings (SSSR count). The second-order valence-electron chi connectivity index (χ2n) is 11.6. The molecule has 0 fully saturated rings. The van der Waals surface area contributed by atoms with Gasteiger partial charge in [0.05, 0.1) is 24.3 Å². The molecular weight excluding hydrogens is 561 g/mol. The van der Waals surface area contributed by atoms with Crippen molar-refractivity contribution in [1.29, 1.82) is 0 Å². The highest BCUT2D eigenvalue weighted by molar-refractivity contribution is 7.99. The van der Waals surface area contributed by atoms with E-state index in [-0.39, 0.29) is 24.2 Å². The predicted molar refractivity (Wildman–Crippen MR) is 175 cm³/mol. The van der Waals surface area contributed by atoms with E-state index in [2.05, 4.69) is 61.3 Å². The van der Waals surface area contributed by atoms with E-state index in [1.54, 1.807) is 25.4 Å². The van der Waals surface area contributed by atoms with E-state index >= 15 is 0 Å². The molecule has 4 aromatic rings. The summed E-state index contributed by atoms with van der Waals surface area (Å²) in [5, 5.41) is 16.4. The summed E-state index contributed by atoms with van der Waals surface area (Å²) in [6, 6.07) is 27.8. The first-order valence-electron chi connectivity index (χ1n) is 13.8. The normalized spacial score (nSPS) is 14.0. The number of hydrogen-bond donors (Lipinski definition) is 2. The Balaban J connectivity index is 1.58. The number of aliphatic hydroxyl groups excluding tert-OH is 1. The van der Waals surface area contributed by atoms with Crippen LogP contribution in [-0.2, 0) is 9.22 Å². The van der Waals surface area contributed by atoms with E-state index < -0.39 is 19.3 Å². The van der Waals surface area contributed by atoms with Gasteiger partial charge in [0.15, 0.2) is 0 Å². The lowest BCUT2D eigenvalue weighted by atomic mass is 10.1. The maximum Gasteiger partial charge on any atom is 0.272 e. The van der Waals surface area contributed by atoms with Gasteiger partial charge >= 0.3 is 0 Å². The van der Waals surface area contributed by atoms with Gasteiger partial charge in [0, 0.05) is 17.1 Å². The zero-order chi connectivity index (χ0) is 30.4. The van der Waals surface area contributed by atoms with Crippen molar-refractivity contribution in [3.63, 3.8) is 0 Å². The number of carbonyl (C=O) groups excluding carboxylic acids is 1. The van der Waals surface area contributed by atoms with E-state index in [0.717, 1.165) is 21.3 Å². The fourth-order valence-electron chi connectivity index (χ4n) is 5.10. The summed E-state index contributed by atoms with van der Waals surface area (Å²) in [6.45, 7) is 8.17. The zero-order valence-electron chi connectivity index (χ0n) is 24.8. The molecule has 42 heavy (non-hydrogen) atoms. The smallest absolute Gasteiger partial charge is 0.272 e. The summed E-state index contributed by atoms with van der Waals surface area (Å²) >= 11 is 1.26. The molecule has 0 aliphatic carbocycles. The Bertz CT molecular complexity index is 1510. The molecule has 0 aliphatic rings. The van der Waals surface area contributed by atoms with Crippen molar-refractivity contribution in [3.05, 3.63) is 96.7 Å². The van der Waals surface area contributed by atoms with E-state index in [1.807, 2.05) is 54.6 Å². The Morgan fingerprint density at radius 2 is 1.64 bits per heavy atom. The molecule has 3 aromatic carbocycles. The molecule has 1 heterocycles. The highest BCUT2D eigenvalue weighted by Crippen LogP contribution is 2.37. The number of terminal acetylenes is 1. The van der Waals surface area contributed by atoms with Gasteiger partial charge in [-0.1, -0.05) is 87.4 Å². The summed E-state index contributed by atoms with van der Waals surface area (Å²) in [5.41, 5.74) is -0.473. The van der Waals surface area contributed by atoms with Gasteiger partial charge in [0.25, 0.3) is 14.2 Å². The zero-order valence-corrected chi connectivity index (χ0v) is 26.6. The Morgan fingerprint density at radius 3 is 2.17 bits per heavy atom. The number of rotatable bonds is 11. The number of ether oxygens (including phenoxy) is 1. The highest BCUT2D eigenvalue weighted by atomic mass is 32.2. The Morgan fingerprint density at radius 1 is 1.02 bits per heavy atom. The van der Waals surface area contributed by atoms with Gasteiger partial charge in [-0.15, -0.1) is 18.2 Å². The molecule has 218 valence electrons. The van der Waals surface area contributed by atoms with Gasteiger partial charge in [-0.05, 0) is 52.9 Å². The number of thioether (sulfide) groups is 1. The van der Waals surface area contributed by atoms with Crippen LogP contribution in [0.2, 0.25) is 5.04 Å². The number of fused-ring (bicyclic) bond motifs is 1. The molecular formula is C34H38N2O4SSi. The maximum absolute atomic E-state index is 13.5. The van der Waals surface area contributed by atoms with Crippen molar-refractivity contribution >= 4 is 47.3 Å². The molecule has 6 nitrogen and oxygen atoms in total. The minimum Gasteiger partial charge on any atom is -0.470 e. The number of amides is 1. The summed E-state index contributed by atoms with van der Waals surface area (Å²) in [5.74, 6) is 2.74. The number of nitrogens with one attached hydrogen (secondary N) is 1. The van der Waals surface area contributed by atoms with Gasteiger partial charge in [-0.25, -0.2) is 0 Å². The molecule has 0 bridgehead atoms. The standard InChI is InChI=1S/C34H38N2O4SSi/c1-7-25-20-26-21-27(18-19-30(26)35-22-25)40-32(41-6)31(38)36-34(5,23-37)24-39-42(33(2,3)4,28-14-10-8-11-15-28)29-16-12-9-13-17-29/h1,8-22,32,37H,23-24H2,2-6H3,(H,36,38). The third-order valence-corrected chi connectivity index (χ3v) is 13.0. The van der Waals surface area contributed by atoms with Crippen LogP contribution in [-0.4, -0.2) is 54.8 Å². The summed E-state index contributed by atoms with van der Waals surface area (Å²) < 4.78 is 13.1. The van der Waals surface area contributed by atoms with Crippen LogP contribution < -0.4 is 20.4 Å². The Kier molecular flexibility index (Phi) is 9.80. The molecule has 0 saturated heterocycles. The van der Waals surface area contributed by atoms with Gasteiger partial charge in [0.1, 0.15) is 5.75 Å². The first kappa shape index (κ1) is 31.3. The topological polar surface area (TPSA) is 80.7 Å². The second kappa shape index (κ2) is 13.1. The van der Waals surface area contributed by atoms with Crippen molar-refractivity contribution in [3.8, 4) is 18.1 Å². The number of carbonyl (C=O) groups is 1. The molecule has 0 radical (unpaired) electrons. The van der Waals surface area contributed by atoms with Crippen LogP contribution in [0.3, 0.4) is 0 Å². The number of hydrogen-bond acceptors (Lipinski definition) is 6. The number of aromatic nitrogens is 1. The first-order chi connectivity index (χ1) is 20.0. The molecule has 2 N–H and O–H groups in total. The summed E-state index contributed by atoms with van der Waals surface area (Å²) in [4.78, 5) is 17.9. The summed E-state index contributed by atoms with van der Waals surface area (Å²) in [7, 11) is -2.88. The van der Waals surface area contributed by atoms with Gasteiger partial charge in [-0.3, -0.25) is 9.78 Å². The van der Waals surface area contributed by atoms with Crippen LogP contribution in [0.25, 0.3) is 10.9 Å². The lowest BCUT2D eigenvalue weighted by Gasteiger charge is -2.45. The van der Waals surface area contributed by atoms with Crippen molar-refractivity contribution < 1.29 is 19.1 Å². The fourth-order valence-corrected chi connectivity index (χ4v) is 10.3. The Hall–Kier alpha value is -3.61. The molecule has 0 spiro atoms. The fraction of sp³-hybridized carbons (Fsp3) is 0.294. The second-order valence-corrected chi connectivity index (χ2v) is 16.8. The number of pyridine rings is 1. The molecule has 2 atom stereocenters. The average Bonchev–Trinajstić information content (AvgIpc) is 3.00. The molecule has 0 aliphatic heterocycles. The predicted octanol–water partition coefficient (Wildman–Crippen LogP) is 4.73. The van der Waals surface area contributed by atoms with Gasteiger partial charge in [-0.2, -0.15) is 0 Å². The average molecular weight is 599 g/mol. The molecule has 1 aromatic heterocycles. The SMILES string of the molecule is C#Cc1cnc2ccc(OC(SC)C(=O)NC(C)(CO)CO[Si](c3ccccc3)(c3ccccc3)C(C)(C)C)cc2c1. The van der Waals surface area contributed by atoms with Crippen molar-refractivity contribution in [2.75, 3.05) is 19.5 Å². The van der Waals surface area contributed by atoms with Crippen LogP contribution in [0.1, 0.15) is 33.3 Å². The van der Waals surface area contributed by atoms with Crippen LogP contribution in [0.4, 0.5) is 0 Å². The van der Waals surface area contributed by atoms with Crippen LogP contribution >= 0.6 is 11.8 Å². The van der Waals surface area contributed by atoms with E-state index in [1.165, 1.54) is 11.8 Å². The van der Waals surface area contributed by atoms with E-state index in [4.69, 9.17) is 15.6 Å². The van der Waals surface area contributed by atoms with Crippen LogP contribution in [0.15, 0.2) is 91.1 Å². The van der Waals surface area contributed by atoms with Crippen molar-refractivity contribution in [2.24, 2.45) is 0 Å². The maximum atomic E-state index is 13.5. The van der Waals surface area contributed by atoms with Gasteiger partial charge < -0.3 is 19.6 Å². The molecule has 1 amide bonds. The molecule has 0 saturated carbocycles. The quantitative estimate of drug-likeness (QED) is 0.148. The largest absolute Gasteiger partial charge is 0.470 e. The number of aliphatic hydroxyl groups is 1. The number of benzene rings is 3. The summed E-state index contributed by atoms with van der Waals surface area (Å²) in [6.07, 6.45) is 8.98. The Labute approximate surface area is 254 Å². The lowest BCUT2D eigenvalue weighted by Crippen LogP contribution is -2.68. The van der Waals surface area contributed by atoms with Crippen LogP contribution in [0, 0.1) is 12.3 Å². The molecule has 8 heteroatoms. The molecule has 2 unspecified atom stereocenters. The minimum atomic E-state index is -2.88. The lowest BCUT2D eigenvalue weighted by molar-refractivity contribution is -0.127. The third kappa shape index (κ3) is 6.71. The number of nitrogens with zero attached hydrogens (tertiary/aromatic N) is 1. The minimum absolute atomic E-state index is 0.111. The van der Waals surface area contributed by atoms with Crippen molar-refractivity contribution in [2.45, 2.75) is 43.7 Å². The third-order valence-electron chi connectivity index (χ3n) is 7.29. The van der Waals surface area contributed by atoms with Crippen molar-refractivity contribution in [1.82, 2.24) is 10.3 Å². The van der Waals surface area contributed by atoms with Gasteiger partial charge in [0.2, 0.25) is 5.44 Å². The monoisotopic (exact) mass is 598 g/mol. The highest BCUT2D eigenvalue weighted by Gasteiger charge is 2.51. The van der Waals surface area contributed by atoms with Crippen LogP contribution in [0.5, 0.6) is 5.75 Å². The van der Waals surface area contributed by atoms with E-state index in [0.29, 0.717) is 11.3 Å².